The van der Waals surface area contributed by atoms with Gasteiger partial charge in [0.15, 0.2) is 0 Å². The molecule has 0 aromatic heterocycles. The van der Waals surface area contributed by atoms with Crippen molar-refractivity contribution in [2.24, 2.45) is 0 Å². The van der Waals surface area contributed by atoms with E-state index in [2.05, 4.69) is 5.32 Å². The fourth-order valence-electron chi connectivity index (χ4n) is 1.60. The molecule has 0 atom stereocenters. The van der Waals surface area contributed by atoms with Crippen LogP contribution in [-0.2, 0) is 0 Å². The third kappa shape index (κ3) is 2.63. The first-order valence-corrected chi connectivity index (χ1v) is 5.88. The standard InChI is InChI=1S/C14H13ClN2O/c1-9-6-7-10(11(15)8-9)14(18)17-13-5-3-2-4-12(13)16/h2-8H,16H2,1H3,(H,17,18). The van der Waals surface area contributed by atoms with E-state index >= 15 is 0 Å². The maximum absolute atomic E-state index is 12.0. The average Bonchev–Trinajstić information content (AvgIpc) is 2.32. The topological polar surface area (TPSA) is 55.1 Å². The van der Waals surface area contributed by atoms with E-state index in [1.807, 2.05) is 25.1 Å². The van der Waals surface area contributed by atoms with Gasteiger partial charge in [-0.05, 0) is 36.8 Å². The number of halogens is 1. The summed E-state index contributed by atoms with van der Waals surface area (Å²) in [7, 11) is 0. The number of para-hydroxylation sites is 2. The molecule has 2 rings (SSSR count). The van der Waals surface area contributed by atoms with E-state index in [0.29, 0.717) is 22.0 Å². The van der Waals surface area contributed by atoms with Crippen molar-refractivity contribution in [2.75, 3.05) is 11.1 Å². The van der Waals surface area contributed by atoms with E-state index in [4.69, 9.17) is 17.3 Å². The van der Waals surface area contributed by atoms with Gasteiger partial charge in [-0.15, -0.1) is 0 Å². The Labute approximate surface area is 111 Å². The number of rotatable bonds is 2. The van der Waals surface area contributed by atoms with Crippen molar-refractivity contribution in [3.05, 3.63) is 58.6 Å². The van der Waals surface area contributed by atoms with Crippen molar-refractivity contribution in [1.82, 2.24) is 0 Å². The molecule has 0 heterocycles. The Balaban J connectivity index is 2.25. The van der Waals surface area contributed by atoms with Crippen molar-refractivity contribution in [3.8, 4) is 0 Å². The lowest BCUT2D eigenvalue weighted by atomic mass is 10.1. The molecule has 0 spiro atoms. The molecule has 3 N–H and O–H groups in total. The van der Waals surface area contributed by atoms with Crippen LogP contribution in [0.3, 0.4) is 0 Å². The summed E-state index contributed by atoms with van der Waals surface area (Å²) in [5.41, 5.74) is 8.31. The van der Waals surface area contributed by atoms with E-state index in [1.165, 1.54) is 0 Å². The second-order valence-electron chi connectivity index (χ2n) is 4.02. The van der Waals surface area contributed by atoms with Gasteiger partial charge in [0.1, 0.15) is 0 Å². The average molecular weight is 261 g/mol. The maximum Gasteiger partial charge on any atom is 0.257 e. The third-order valence-corrected chi connectivity index (χ3v) is 2.89. The molecule has 0 bridgehead atoms. The summed E-state index contributed by atoms with van der Waals surface area (Å²) in [6.45, 7) is 1.92. The third-order valence-electron chi connectivity index (χ3n) is 2.58. The molecule has 0 saturated carbocycles. The zero-order valence-corrected chi connectivity index (χ0v) is 10.7. The summed E-state index contributed by atoms with van der Waals surface area (Å²) in [6.07, 6.45) is 0. The Hall–Kier alpha value is -2.00. The highest BCUT2D eigenvalue weighted by molar-refractivity contribution is 6.34. The van der Waals surface area contributed by atoms with Crippen molar-refractivity contribution >= 4 is 28.9 Å². The first kappa shape index (κ1) is 12.5. The van der Waals surface area contributed by atoms with Gasteiger partial charge in [-0.3, -0.25) is 4.79 Å². The molecule has 0 aliphatic carbocycles. The number of hydrogen-bond acceptors (Lipinski definition) is 2. The zero-order chi connectivity index (χ0) is 13.1. The van der Waals surface area contributed by atoms with Crippen LogP contribution in [0.4, 0.5) is 11.4 Å². The first-order chi connectivity index (χ1) is 8.58. The molecule has 2 aromatic carbocycles. The Kier molecular flexibility index (Phi) is 3.53. The van der Waals surface area contributed by atoms with E-state index < -0.39 is 0 Å². The van der Waals surface area contributed by atoms with E-state index in [-0.39, 0.29) is 5.91 Å². The number of hydrogen-bond donors (Lipinski definition) is 2. The molecule has 0 unspecified atom stereocenters. The number of nitrogens with two attached hydrogens (primary N) is 1. The molecule has 0 aliphatic heterocycles. The summed E-state index contributed by atoms with van der Waals surface area (Å²) in [4.78, 5) is 12.0. The molecule has 0 saturated heterocycles. The highest BCUT2D eigenvalue weighted by Gasteiger charge is 2.11. The van der Waals surface area contributed by atoms with Crippen LogP contribution in [0.1, 0.15) is 15.9 Å². The molecule has 1 amide bonds. The minimum atomic E-state index is -0.266. The van der Waals surface area contributed by atoms with E-state index in [1.54, 1.807) is 24.3 Å². The minimum Gasteiger partial charge on any atom is -0.397 e. The molecule has 18 heavy (non-hydrogen) atoms. The highest BCUT2D eigenvalue weighted by atomic mass is 35.5. The van der Waals surface area contributed by atoms with Crippen LogP contribution in [0.25, 0.3) is 0 Å². The second-order valence-corrected chi connectivity index (χ2v) is 4.43. The number of amides is 1. The monoisotopic (exact) mass is 260 g/mol. The quantitative estimate of drug-likeness (QED) is 0.812. The maximum atomic E-state index is 12.0. The Morgan fingerprint density at radius 2 is 1.94 bits per heavy atom. The Bertz CT molecular complexity index is 596. The molecule has 3 nitrogen and oxygen atoms in total. The lowest BCUT2D eigenvalue weighted by molar-refractivity contribution is 0.102. The first-order valence-electron chi connectivity index (χ1n) is 5.50. The Morgan fingerprint density at radius 3 is 2.61 bits per heavy atom. The fourth-order valence-corrected chi connectivity index (χ4v) is 1.93. The molecule has 0 fully saturated rings. The normalized spacial score (nSPS) is 10.1. The summed E-state index contributed by atoms with van der Waals surface area (Å²) < 4.78 is 0. The lowest BCUT2D eigenvalue weighted by Crippen LogP contribution is -2.13. The molecule has 2 aromatic rings. The summed E-state index contributed by atoms with van der Waals surface area (Å²) in [6, 6.07) is 12.4. The molecule has 0 aliphatic rings. The molecular formula is C14H13ClN2O. The zero-order valence-electron chi connectivity index (χ0n) is 9.91. The van der Waals surface area contributed by atoms with Gasteiger partial charge < -0.3 is 11.1 Å². The van der Waals surface area contributed by atoms with Gasteiger partial charge in [-0.1, -0.05) is 29.8 Å². The van der Waals surface area contributed by atoms with Crippen LogP contribution >= 0.6 is 11.6 Å². The van der Waals surface area contributed by atoms with Crippen LogP contribution in [0, 0.1) is 6.92 Å². The van der Waals surface area contributed by atoms with Gasteiger partial charge in [0.25, 0.3) is 5.91 Å². The predicted octanol–water partition coefficient (Wildman–Crippen LogP) is 3.48. The van der Waals surface area contributed by atoms with Gasteiger partial charge in [-0.2, -0.15) is 0 Å². The van der Waals surface area contributed by atoms with Gasteiger partial charge in [-0.25, -0.2) is 0 Å². The van der Waals surface area contributed by atoms with Crippen LogP contribution in [-0.4, -0.2) is 5.91 Å². The van der Waals surface area contributed by atoms with E-state index in [0.717, 1.165) is 5.56 Å². The molecule has 4 heteroatoms. The van der Waals surface area contributed by atoms with Crippen molar-refractivity contribution < 1.29 is 4.79 Å². The molecular weight excluding hydrogens is 248 g/mol. The minimum absolute atomic E-state index is 0.266. The number of nitrogen functional groups attached to an aromatic ring is 1. The largest absolute Gasteiger partial charge is 0.397 e. The predicted molar refractivity (Wildman–Crippen MR) is 75.0 cm³/mol. The van der Waals surface area contributed by atoms with Crippen molar-refractivity contribution in [1.29, 1.82) is 0 Å². The number of aryl methyl sites for hydroxylation is 1. The van der Waals surface area contributed by atoms with Gasteiger partial charge >= 0.3 is 0 Å². The van der Waals surface area contributed by atoms with Gasteiger partial charge in [0.05, 0.1) is 22.0 Å². The Morgan fingerprint density at radius 1 is 1.22 bits per heavy atom. The van der Waals surface area contributed by atoms with Gasteiger partial charge in [0, 0.05) is 0 Å². The number of carbonyl (C=O) groups excluding carboxylic acids is 1. The molecule has 92 valence electrons. The second kappa shape index (κ2) is 5.10. The van der Waals surface area contributed by atoms with Crippen molar-refractivity contribution in [2.45, 2.75) is 6.92 Å². The van der Waals surface area contributed by atoms with Crippen LogP contribution < -0.4 is 11.1 Å². The lowest BCUT2D eigenvalue weighted by Gasteiger charge is -2.09. The fraction of sp³-hybridized carbons (Fsp3) is 0.0714. The number of benzene rings is 2. The summed E-state index contributed by atoms with van der Waals surface area (Å²) >= 11 is 6.04. The SMILES string of the molecule is Cc1ccc(C(=O)Nc2ccccc2N)c(Cl)c1. The molecule has 0 radical (unpaired) electrons. The highest BCUT2D eigenvalue weighted by Crippen LogP contribution is 2.21. The van der Waals surface area contributed by atoms with Crippen LogP contribution in [0.15, 0.2) is 42.5 Å². The van der Waals surface area contributed by atoms with Crippen LogP contribution in [0.5, 0.6) is 0 Å². The number of carbonyl (C=O) groups is 1. The number of nitrogens with one attached hydrogen (secondary N) is 1. The van der Waals surface area contributed by atoms with E-state index in [9.17, 15) is 4.79 Å². The van der Waals surface area contributed by atoms with Crippen LogP contribution in [0.2, 0.25) is 5.02 Å². The smallest absolute Gasteiger partial charge is 0.257 e. The summed E-state index contributed by atoms with van der Waals surface area (Å²) in [5.74, 6) is -0.266. The van der Waals surface area contributed by atoms with Crippen molar-refractivity contribution in [3.63, 3.8) is 0 Å². The summed E-state index contributed by atoms with van der Waals surface area (Å²) in [5, 5.41) is 3.17. The van der Waals surface area contributed by atoms with Gasteiger partial charge in [0.2, 0.25) is 0 Å². The number of anilines is 2.